The number of hydrogen-bond acceptors (Lipinski definition) is 1. The number of aryl methyl sites for hydroxylation is 1. The van der Waals surface area contributed by atoms with E-state index in [1.807, 2.05) is 0 Å². The van der Waals surface area contributed by atoms with Gasteiger partial charge in [-0.15, -0.1) is 0 Å². The second kappa shape index (κ2) is 7.20. The predicted molar refractivity (Wildman–Crippen MR) is 141 cm³/mol. The highest BCUT2D eigenvalue weighted by Gasteiger charge is 2.50. The van der Waals surface area contributed by atoms with Gasteiger partial charge in [-0.25, -0.2) is 0 Å². The fourth-order valence-corrected chi connectivity index (χ4v) is 6.25. The molecule has 7 rings (SSSR count). The summed E-state index contributed by atoms with van der Waals surface area (Å²) in [7, 11) is 0. The van der Waals surface area contributed by atoms with Crippen molar-refractivity contribution in [3.05, 3.63) is 161 Å². The maximum atomic E-state index is 2.48. The zero-order valence-corrected chi connectivity index (χ0v) is 19.1. The molecule has 1 nitrogen and oxygen atoms in total. The normalized spacial score (nSPS) is 18.6. The lowest BCUT2D eigenvalue weighted by molar-refractivity contribution is 0.691. The first kappa shape index (κ1) is 19.4. The number of nitrogens with zero attached hydrogens (tertiary/aromatic N) is 1. The average molecular weight is 436 g/mol. The third kappa shape index (κ3) is 2.50. The van der Waals surface area contributed by atoms with Crippen molar-refractivity contribution in [2.45, 2.75) is 18.3 Å². The van der Waals surface area contributed by atoms with Gasteiger partial charge in [-0.1, -0.05) is 109 Å². The molecule has 1 unspecified atom stereocenters. The lowest BCUT2D eigenvalue weighted by atomic mass is 9.57. The Morgan fingerprint density at radius 3 is 2.09 bits per heavy atom. The molecule has 0 aromatic heterocycles. The summed E-state index contributed by atoms with van der Waals surface area (Å²) in [6.07, 6.45) is 11.5. The molecule has 0 saturated carbocycles. The van der Waals surface area contributed by atoms with Gasteiger partial charge in [-0.05, 0) is 59.0 Å². The van der Waals surface area contributed by atoms with Crippen molar-refractivity contribution in [1.82, 2.24) is 0 Å². The van der Waals surface area contributed by atoms with Gasteiger partial charge in [0.25, 0.3) is 0 Å². The Bertz CT molecular complexity index is 1470. The van der Waals surface area contributed by atoms with Crippen LogP contribution >= 0.6 is 0 Å². The molecule has 34 heavy (non-hydrogen) atoms. The minimum absolute atomic E-state index is 0.289. The van der Waals surface area contributed by atoms with Gasteiger partial charge >= 0.3 is 0 Å². The van der Waals surface area contributed by atoms with Crippen LogP contribution in [0.5, 0.6) is 0 Å². The van der Waals surface area contributed by atoms with E-state index in [0.717, 1.165) is 0 Å². The minimum Gasteiger partial charge on any atom is -0.310 e. The van der Waals surface area contributed by atoms with Crippen LogP contribution in [0.2, 0.25) is 0 Å². The molecule has 1 atom stereocenters. The van der Waals surface area contributed by atoms with Crippen molar-refractivity contribution in [3.63, 3.8) is 0 Å². The fraction of sp³-hybridized carbons (Fsp3) is 0.0909. The van der Waals surface area contributed by atoms with E-state index in [9.17, 15) is 0 Å². The maximum absolute atomic E-state index is 2.48. The topological polar surface area (TPSA) is 3.24 Å². The van der Waals surface area contributed by atoms with Crippen molar-refractivity contribution in [2.24, 2.45) is 0 Å². The van der Waals surface area contributed by atoms with E-state index < -0.39 is 0 Å². The molecule has 162 valence electrons. The van der Waals surface area contributed by atoms with Crippen LogP contribution in [-0.4, -0.2) is 0 Å². The second-order valence-corrected chi connectivity index (χ2v) is 9.44. The molecule has 0 radical (unpaired) electrons. The van der Waals surface area contributed by atoms with Gasteiger partial charge in [0.15, 0.2) is 0 Å². The van der Waals surface area contributed by atoms with Gasteiger partial charge in [0.05, 0.1) is 16.8 Å². The van der Waals surface area contributed by atoms with Crippen molar-refractivity contribution in [1.29, 1.82) is 0 Å². The Kier molecular flexibility index (Phi) is 4.10. The molecule has 1 heteroatoms. The summed E-state index contributed by atoms with van der Waals surface area (Å²) in [5.74, 6) is 0.289. The summed E-state index contributed by atoms with van der Waals surface area (Å²) in [5, 5.41) is 0. The van der Waals surface area contributed by atoms with Gasteiger partial charge < -0.3 is 4.90 Å². The fourth-order valence-electron chi connectivity index (χ4n) is 6.25. The molecule has 4 aromatic carbocycles. The Balaban J connectivity index is 1.65. The first-order valence-corrected chi connectivity index (χ1v) is 12.0. The van der Waals surface area contributed by atoms with Crippen molar-refractivity contribution in [3.8, 4) is 0 Å². The van der Waals surface area contributed by atoms with E-state index in [1.165, 1.54) is 50.5 Å². The lowest BCUT2D eigenvalue weighted by Crippen LogP contribution is -2.40. The average Bonchev–Trinajstić information content (AvgIpc) is 3.12. The molecule has 3 aliphatic rings. The van der Waals surface area contributed by atoms with Crippen LogP contribution in [0.15, 0.2) is 133 Å². The highest BCUT2D eigenvalue weighted by atomic mass is 15.2. The van der Waals surface area contributed by atoms with Crippen molar-refractivity contribution >= 4 is 17.1 Å². The van der Waals surface area contributed by atoms with Crippen molar-refractivity contribution < 1.29 is 0 Å². The summed E-state index contributed by atoms with van der Waals surface area (Å²) < 4.78 is 0. The van der Waals surface area contributed by atoms with E-state index in [2.05, 4.69) is 139 Å². The minimum atomic E-state index is -0.361. The van der Waals surface area contributed by atoms with E-state index >= 15 is 0 Å². The summed E-state index contributed by atoms with van der Waals surface area (Å²) in [4.78, 5) is 2.43. The number of benzene rings is 4. The smallest absolute Gasteiger partial charge is 0.0742 e. The maximum Gasteiger partial charge on any atom is 0.0742 e. The number of rotatable bonds is 1. The van der Waals surface area contributed by atoms with Crippen LogP contribution < -0.4 is 4.90 Å². The quantitative estimate of drug-likeness (QED) is 0.291. The van der Waals surface area contributed by atoms with E-state index in [0.29, 0.717) is 0 Å². The Hall–Kier alpha value is -4.10. The number of para-hydroxylation sites is 3. The largest absolute Gasteiger partial charge is 0.310 e. The Morgan fingerprint density at radius 2 is 1.35 bits per heavy atom. The summed E-state index contributed by atoms with van der Waals surface area (Å²) >= 11 is 0. The van der Waals surface area contributed by atoms with Gasteiger partial charge in [0, 0.05) is 11.6 Å². The molecule has 0 fully saturated rings. The number of hydrogen-bond donors (Lipinski definition) is 0. The van der Waals surface area contributed by atoms with Crippen LogP contribution in [-0.2, 0) is 5.41 Å². The SMILES string of the molecule is Cc1ccc2c(c1)C1C=CC=CC(=C1)C21c2ccccc2N(c2ccccc2)c2ccccc21. The first-order valence-electron chi connectivity index (χ1n) is 12.0. The standard InChI is InChI=1S/C33H25N/c1-23-19-20-28-27(21-23)24-11-5-6-12-25(22-24)33(28)29-15-7-9-17-31(29)34(26-13-3-2-4-14-26)32-18-10-8-16-30(32)33/h2-22,24H,1H3. The third-order valence-electron chi connectivity index (χ3n) is 7.58. The number of allylic oxidation sites excluding steroid dienone is 6. The Morgan fingerprint density at radius 1 is 0.676 bits per heavy atom. The van der Waals surface area contributed by atoms with Crippen LogP contribution in [0.4, 0.5) is 17.1 Å². The monoisotopic (exact) mass is 435 g/mol. The van der Waals surface area contributed by atoms with Crippen LogP contribution in [0.25, 0.3) is 0 Å². The van der Waals surface area contributed by atoms with E-state index in [-0.39, 0.29) is 11.3 Å². The molecule has 2 aliphatic carbocycles. The molecular weight excluding hydrogens is 410 g/mol. The van der Waals surface area contributed by atoms with Crippen molar-refractivity contribution in [2.75, 3.05) is 4.90 Å². The summed E-state index contributed by atoms with van der Waals surface area (Å²) in [6.45, 7) is 2.20. The molecule has 0 amide bonds. The summed E-state index contributed by atoms with van der Waals surface area (Å²) in [6, 6.07) is 35.7. The lowest BCUT2D eigenvalue weighted by Gasteiger charge is -2.49. The molecule has 4 aromatic rings. The first-order chi connectivity index (χ1) is 16.8. The zero-order valence-electron chi connectivity index (χ0n) is 19.1. The van der Waals surface area contributed by atoms with Crippen LogP contribution in [0, 0.1) is 6.92 Å². The molecule has 0 N–H and O–H groups in total. The van der Waals surface area contributed by atoms with Gasteiger partial charge in [-0.3, -0.25) is 0 Å². The molecule has 2 bridgehead atoms. The van der Waals surface area contributed by atoms with Crippen LogP contribution in [0.1, 0.15) is 33.7 Å². The number of fused-ring (bicyclic) bond motifs is 9. The number of anilines is 3. The Labute approximate surface area is 201 Å². The highest BCUT2D eigenvalue weighted by molar-refractivity contribution is 5.90. The van der Waals surface area contributed by atoms with E-state index in [4.69, 9.17) is 0 Å². The summed E-state index contributed by atoms with van der Waals surface area (Å²) in [5.41, 5.74) is 11.4. The van der Waals surface area contributed by atoms with Gasteiger partial charge in [0.1, 0.15) is 0 Å². The zero-order chi connectivity index (χ0) is 22.7. The molecular formula is C33H25N. The third-order valence-corrected chi connectivity index (χ3v) is 7.58. The van der Waals surface area contributed by atoms with Crippen LogP contribution in [0.3, 0.4) is 0 Å². The molecule has 1 aliphatic heterocycles. The molecule has 1 spiro atoms. The molecule has 1 heterocycles. The van der Waals surface area contributed by atoms with E-state index in [1.54, 1.807) is 0 Å². The highest BCUT2D eigenvalue weighted by Crippen LogP contribution is 2.61. The predicted octanol–water partition coefficient (Wildman–Crippen LogP) is 8.26. The van der Waals surface area contributed by atoms with Gasteiger partial charge in [-0.2, -0.15) is 0 Å². The molecule has 0 saturated heterocycles. The second-order valence-electron chi connectivity index (χ2n) is 9.44. The van der Waals surface area contributed by atoms with Gasteiger partial charge in [0.2, 0.25) is 0 Å².